The van der Waals surface area contributed by atoms with Gasteiger partial charge in [0.25, 0.3) is 0 Å². The van der Waals surface area contributed by atoms with Crippen LogP contribution in [0.15, 0.2) is 12.1 Å². The molecule has 0 radical (unpaired) electrons. The zero-order valence-electron chi connectivity index (χ0n) is 12.6. The molecule has 0 aromatic carbocycles. The summed E-state index contributed by atoms with van der Waals surface area (Å²) in [7, 11) is 0. The molecule has 2 atom stereocenters. The van der Waals surface area contributed by atoms with Crippen LogP contribution < -0.4 is 10.5 Å². The highest BCUT2D eigenvalue weighted by Gasteiger charge is 2.15. The Hall–Kier alpha value is -1.13. The van der Waals surface area contributed by atoms with E-state index in [2.05, 4.69) is 4.98 Å². The van der Waals surface area contributed by atoms with Crippen LogP contribution in [-0.2, 0) is 11.2 Å². The lowest BCUT2D eigenvalue weighted by Gasteiger charge is -2.14. The molecule has 0 saturated carbocycles. The molecular formula is C16H26N2O2. The molecule has 4 heteroatoms. The SMILES string of the molecule is Cc1ccc(OCCCC2CCCO2)c(CC(C)N)n1. The molecule has 1 aromatic heterocycles. The van der Waals surface area contributed by atoms with Crippen LogP contribution in [0.3, 0.4) is 0 Å². The van der Waals surface area contributed by atoms with E-state index in [4.69, 9.17) is 15.2 Å². The van der Waals surface area contributed by atoms with Crippen LogP contribution in [-0.4, -0.2) is 30.3 Å². The maximum absolute atomic E-state index is 5.88. The van der Waals surface area contributed by atoms with Crippen LogP contribution >= 0.6 is 0 Å². The highest BCUT2D eigenvalue weighted by molar-refractivity contribution is 5.29. The second-order valence-corrected chi connectivity index (χ2v) is 5.70. The van der Waals surface area contributed by atoms with Gasteiger partial charge < -0.3 is 15.2 Å². The van der Waals surface area contributed by atoms with Crippen LogP contribution in [0.25, 0.3) is 0 Å². The van der Waals surface area contributed by atoms with Crippen molar-refractivity contribution < 1.29 is 9.47 Å². The van der Waals surface area contributed by atoms with Crippen LogP contribution in [0.2, 0.25) is 0 Å². The Morgan fingerprint density at radius 3 is 3.05 bits per heavy atom. The van der Waals surface area contributed by atoms with Crippen LogP contribution in [0, 0.1) is 6.92 Å². The number of hydrogen-bond donors (Lipinski definition) is 1. The molecule has 4 nitrogen and oxygen atoms in total. The van der Waals surface area contributed by atoms with Crippen molar-refractivity contribution in [2.24, 2.45) is 5.73 Å². The molecule has 1 aliphatic heterocycles. The average Bonchev–Trinajstić information content (AvgIpc) is 2.89. The van der Waals surface area contributed by atoms with Gasteiger partial charge in [0.15, 0.2) is 0 Å². The van der Waals surface area contributed by atoms with Gasteiger partial charge in [0.05, 0.1) is 18.4 Å². The van der Waals surface area contributed by atoms with E-state index in [1.807, 2.05) is 26.0 Å². The van der Waals surface area contributed by atoms with E-state index in [0.717, 1.165) is 49.6 Å². The highest BCUT2D eigenvalue weighted by atomic mass is 16.5. The number of aryl methyl sites for hydroxylation is 1. The first-order valence-corrected chi connectivity index (χ1v) is 7.61. The summed E-state index contributed by atoms with van der Waals surface area (Å²) < 4.78 is 11.5. The predicted octanol–water partition coefficient (Wildman–Crippen LogP) is 2.62. The summed E-state index contributed by atoms with van der Waals surface area (Å²) in [5.41, 5.74) is 7.85. The zero-order chi connectivity index (χ0) is 14.4. The van der Waals surface area contributed by atoms with Gasteiger partial charge in [0.1, 0.15) is 5.75 Å². The predicted molar refractivity (Wildman–Crippen MR) is 80.0 cm³/mol. The second kappa shape index (κ2) is 7.60. The summed E-state index contributed by atoms with van der Waals surface area (Å²) in [6, 6.07) is 4.09. The molecule has 1 fully saturated rings. The van der Waals surface area contributed by atoms with Gasteiger partial charge >= 0.3 is 0 Å². The van der Waals surface area contributed by atoms with Gasteiger partial charge in [-0.3, -0.25) is 4.98 Å². The largest absolute Gasteiger partial charge is 0.492 e. The Balaban J connectivity index is 1.81. The van der Waals surface area contributed by atoms with Gasteiger partial charge in [0, 0.05) is 24.8 Å². The van der Waals surface area contributed by atoms with Gasteiger partial charge in [-0.05, 0) is 51.7 Å². The fourth-order valence-corrected chi connectivity index (χ4v) is 2.55. The van der Waals surface area contributed by atoms with E-state index in [9.17, 15) is 0 Å². The fraction of sp³-hybridized carbons (Fsp3) is 0.688. The Morgan fingerprint density at radius 2 is 2.35 bits per heavy atom. The van der Waals surface area contributed by atoms with Crippen molar-refractivity contribution in [2.75, 3.05) is 13.2 Å². The monoisotopic (exact) mass is 278 g/mol. The van der Waals surface area contributed by atoms with Gasteiger partial charge in [-0.15, -0.1) is 0 Å². The highest BCUT2D eigenvalue weighted by Crippen LogP contribution is 2.20. The Kier molecular flexibility index (Phi) is 5.80. The lowest BCUT2D eigenvalue weighted by molar-refractivity contribution is 0.0980. The summed E-state index contributed by atoms with van der Waals surface area (Å²) in [6.45, 7) is 5.62. The van der Waals surface area contributed by atoms with E-state index >= 15 is 0 Å². The first kappa shape index (κ1) is 15.3. The number of pyridine rings is 1. The summed E-state index contributed by atoms with van der Waals surface area (Å²) in [6.07, 6.45) is 5.70. The van der Waals surface area contributed by atoms with Crippen molar-refractivity contribution in [1.82, 2.24) is 4.98 Å². The van der Waals surface area contributed by atoms with Crippen molar-refractivity contribution in [2.45, 2.75) is 58.1 Å². The fourth-order valence-electron chi connectivity index (χ4n) is 2.55. The summed E-state index contributed by atoms with van der Waals surface area (Å²) in [4.78, 5) is 4.54. The molecule has 20 heavy (non-hydrogen) atoms. The number of rotatable bonds is 7. The Morgan fingerprint density at radius 1 is 1.50 bits per heavy atom. The van der Waals surface area contributed by atoms with Gasteiger partial charge in [-0.1, -0.05) is 0 Å². The number of nitrogens with zero attached hydrogens (tertiary/aromatic N) is 1. The lowest BCUT2D eigenvalue weighted by atomic mass is 10.1. The quantitative estimate of drug-likeness (QED) is 0.779. The van der Waals surface area contributed by atoms with Crippen molar-refractivity contribution >= 4 is 0 Å². The van der Waals surface area contributed by atoms with Gasteiger partial charge in [-0.2, -0.15) is 0 Å². The van der Waals surface area contributed by atoms with Gasteiger partial charge in [0.2, 0.25) is 0 Å². The molecule has 1 saturated heterocycles. The first-order valence-electron chi connectivity index (χ1n) is 7.61. The molecule has 2 N–H and O–H groups in total. The third kappa shape index (κ3) is 4.76. The van der Waals surface area contributed by atoms with E-state index in [-0.39, 0.29) is 6.04 Å². The number of nitrogens with two attached hydrogens (primary N) is 1. The normalized spacial score (nSPS) is 20.1. The van der Waals surface area contributed by atoms with Crippen LogP contribution in [0.5, 0.6) is 5.75 Å². The number of ether oxygens (including phenoxy) is 2. The molecule has 2 heterocycles. The standard InChI is InChI=1S/C16H26N2O2/c1-12(17)11-15-16(8-7-13(2)18-15)20-10-4-6-14-5-3-9-19-14/h7-8,12,14H,3-6,9-11,17H2,1-2H3. The third-order valence-electron chi connectivity index (χ3n) is 3.54. The van der Waals surface area contributed by atoms with Crippen molar-refractivity contribution in [3.63, 3.8) is 0 Å². The molecular weight excluding hydrogens is 252 g/mol. The Labute approximate surface area is 121 Å². The van der Waals surface area contributed by atoms with E-state index in [1.165, 1.54) is 12.8 Å². The summed E-state index contributed by atoms with van der Waals surface area (Å²) in [5.74, 6) is 0.875. The lowest BCUT2D eigenvalue weighted by Crippen LogP contribution is -2.19. The minimum atomic E-state index is 0.0959. The van der Waals surface area contributed by atoms with Gasteiger partial charge in [-0.25, -0.2) is 0 Å². The topological polar surface area (TPSA) is 57.4 Å². The summed E-state index contributed by atoms with van der Waals surface area (Å²) >= 11 is 0. The minimum Gasteiger partial charge on any atom is -0.492 e. The first-order chi connectivity index (χ1) is 9.65. The molecule has 2 unspecified atom stereocenters. The minimum absolute atomic E-state index is 0.0959. The molecule has 112 valence electrons. The van der Waals surface area contributed by atoms with Crippen LogP contribution in [0.1, 0.15) is 44.0 Å². The van der Waals surface area contributed by atoms with Crippen molar-refractivity contribution in [3.05, 3.63) is 23.5 Å². The Bertz CT molecular complexity index is 415. The molecule has 0 spiro atoms. The molecule has 0 bridgehead atoms. The molecule has 1 aliphatic rings. The second-order valence-electron chi connectivity index (χ2n) is 5.70. The summed E-state index contributed by atoms with van der Waals surface area (Å²) in [5, 5.41) is 0. The maximum atomic E-state index is 5.88. The van der Waals surface area contributed by atoms with Crippen LogP contribution in [0.4, 0.5) is 0 Å². The maximum Gasteiger partial charge on any atom is 0.140 e. The molecule has 0 amide bonds. The molecule has 0 aliphatic carbocycles. The number of aromatic nitrogens is 1. The van der Waals surface area contributed by atoms with E-state index < -0.39 is 0 Å². The van der Waals surface area contributed by atoms with E-state index in [0.29, 0.717) is 6.10 Å². The smallest absolute Gasteiger partial charge is 0.140 e. The van der Waals surface area contributed by atoms with Crippen molar-refractivity contribution in [3.8, 4) is 5.75 Å². The average molecular weight is 278 g/mol. The van der Waals surface area contributed by atoms with E-state index in [1.54, 1.807) is 0 Å². The zero-order valence-corrected chi connectivity index (χ0v) is 12.6. The number of hydrogen-bond acceptors (Lipinski definition) is 4. The molecule has 2 rings (SSSR count). The molecule has 1 aromatic rings. The third-order valence-corrected chi connectivity index (χ3v) is 3.54. The van der Waals surface area contributed by atoms with Crippen molar-refractivity contribution in [1.29, 1.82) is 0 Å².